The molecule has 1 amide bonds. The highest BCUT2D eigenvalue weighted by molar-refractivity contribution is 7.09. The van der Waals surface area contributed by atoms with E-state index < -0.39 is 0 Å². The molecule has 92 valence electrons. The van der Waals surface area contributed by atoms with E-state index in [1.165, 1.54) is 0 Å². The molecule has 2 aliphatic rings. The van der Waals surface area contributed by atoms with Crippen LogP contribution in [-0.2, 0) is 11.3 Å². The Morgan fingerprint density at radius 2 is 2.35 bits per heavy atom. The number of likely N-dealkylation sites (tertiary alicyclic amines) is 2. The van der Waals surface area contributed by atoms with E-state index in [9.17, 15) is 4.79 Å². The highest BCUT2D eigenvalue weighted by Crippen LogP contribution is 2.32. The quantitative estimate of drug-likeness (QED) is 0.794. The largest absolute Gasteiger partial charge is 0.341 e. The Morgan fingerprint density at radius 3 is 3.06 bits per heavy atom. The van der Waals surface area contributed by atoms with E-state index in [0.29, 0.717) is 24.4 Å². The first-order chi connectivity index (χ1) is 8.15. The third kappa shape index (κ3) is 1.87. The van der Waals surface area contributed by atoms with Gasteiger partial charge in [0.2, 0.25) is 5.91 Å². The van der Waals surface area contributed by atoms with Gasteiger partial charge in [-0.25, -0.2) is 4.98 Å². The number of aryl methyl sites for hydroxylation is 1. The van der Waals surface area contributed by atoms with Crippen molar-refractivity contribution in [2.75, 3.05) is 13.6 Å². The van der Waals surface area contributed by atoms with E-state index in [1.807, 2.05) is 18.9 Å². The molecule has 0 N–H and O–H groups in total. The van der Waals surface area contributed by atoms with Crippen LogP contribution in [0.4, 0.5) is 0 Å². The lowest BCUT2D eigenvalue weighted by Gasteiger charge is -2.22. The lowest BCUT2D eigenvalue weighted by atomic mass is 10.1. The minimum Gasteiger partial charge on any atom is -0.341 e. The lowest BCUT2D eigenvalue weighted by Crippen LogP contribution is -2.34. The van der Waals surface area contributed by atoms with Gasteiger partial charge in [0.1, 0.15) is 0 Å². The van der Waals surface area contributed by atoms with Crippen LogP contribution < -0.4 is 0 Å². The molecule has 1 aromatic rings. The summed E-state index contributed by atoms with van der Waals surface area (Å²) < 4.78 is 0. The number of hydrogen-bond donors (Lipinski definition) is 0. The number of aromatic nitrogens is 1. The van der Waals surface area contributed by atoms with Gasteiger partial charge < -0.3 is 4.90 Å². The molecule has 0 aromatic carbocycles. The molecule has 2 aliphatic heterocycles. The van der Waals surface area contributed by atoms with Gasteiger partial charge in [-0.3, -0.25) is 9.69 Å². The van der Waals surface area contributed by atoms with Crippen molar-refractivity contribution in [1.29, 1.82) is 0 Å². The predicted octanol–water partition coefficient (Wildman–Crippen LogP) is 1.26. The van der Waals surface area contributed by atoms with Crippen LogP contribution >= 0.6 is 11.3 Å². The van der Waals surface area contributed by atoms with E-state index in [2.05, 4.69) is 15.3 Å². The molecule has 0 saturated carbocycles. The molecule has 2 atom stereocenters. The Labute approximate surface area is 105 Å². The smallest absolute Gasteiger partial charge is 0.224 e. The summed E-state index contributed by atoms with van der Waals surface area (Å²) in [6.07, 6.45) is 1.79. The molecule has 0 bridgehead atoms. The Hall–Kier alpha value is -0.940. The summed E-state index contributed by atoms with van der Waals surface area (Å²) in [6.45, 7) is 4.02. The Balaban J connectivity index is 1.72. The van der Waals surface area contributed by atoms with Crippen molar-refractivity contribution in [2.24, 2.45) is 0 Å². The second-order valence-corrected chi connectivity index (χ2v) is 6.02. The molecule has 3 rings (SSSR count). The van der Waals surface area contributed by atoms with Crippen LogP contribution in [0.25, 0.3) is 0 Å². The predicted molar refractivity (Wildman–Crippen MR) is 66.8 cm³/mol. The van der Waals surface area contributed by atoms with Gasteiger partial charge >= 0.3 is 0 Å². The van der Waals surface area contributed by atoms with Crippen molar-refractivity contribution in [3.63, 3.8) is 0 Å². The number of carbonyl (C=O) groups is 1. The first-order valence-electron chi connectivity index (χ1n) is 6.06. The van der Waals surface area contributed by atoms with Crippen molar-refractivity contribution < 1.29 is 4.79 Å². The van der Waals surface area contributed by atoms with Crippen molar-refractivity contribution in [1.82, 2.24) is 14.8 Å². The number of amides is 1. The summed E-state index contributed by atoms with van der Waals surface area (Å²) in [5.41, 5.74) is 1.15. The van der Waals surface area contributed by atoms with Crippen molar-refractivity contribution in [3.05, 3.63) is 16.1 Å². The zero-order valence-electron chi connectivity index (χ0n) is 10.2. The summed E-state index contributed by atoms with van der Waals surface area (Å²) in [5, 5.41) is 3.25. The van der Waals surface area contributed by atoms with Gasteiger partial charge in [-0.2, -0.15) is 0 Å². The van der Waals surface area contributed by atoms with Crippen LogP contribution in [0.5, 0.6) is 0 Å². The standard InChI is InChI=1S/C12H17N3OS/c1-8-13-9(7-17-8)6-15-4-3-10-11(15)5-12(16)14(10)2/h7,10-11H,3-6H2,1-2H3/t10-,11-/m1/s1. The summed E-state index contributed by atoms with van der Waals surface area (Å²) in [6, 6.07) is 0.844. The summed E-state index contributed by atoms with van der Waals surface area (Å²) >= 11 is 1.70. The van der Waals surface area contributed by atoms with Gasteiger partial charge in [-0.1, -0.05) is 0 Å². The maximum atomic E-state index is 11.7. The molecule has 4 nitrogen and oxygen atoms in total. The fourth-order valence-corrected chi connectivity index (χ4v) is 3.61. The molecular formula is C12H17N3OS. The van der Waals surface area contributed by atoms with Crippen LogP contribution in [0, 0.1) is 6.92 Å². The first kappa shape index (κ1) is 11.2. The maximum absolute atomic E-state index is 11.7. The molecule has 3 heterocycles. The molecular weight excluding hydrogens is 234 g/mol. The molecule has 0 aliphatic carbocycles. The molecule has 17 heavy (non-hydrogen) atoms. The van der Waals surface area contributed by atoms with Crippen molar-refractivity contribution in [2.45, 2.75) is 38.4 Å². The van der Waals surface area contributed by atoms with Crippen LogP contribution in [0.3, 0.4) is 0 Å². The van der Waals surface area contributed by atoms with Crippen LogP contribution in [0.15, 0.2) is 5.38 Å². The summed E-state index contributed by atoms with van der Waals surface area (Å²) in [4.78, 5) is 20.5. The van der Waals surface area contributed by atoms with Crippen molar-refractivity contribution >= 4 is 17.2 Å². The number of fused-ring (bicyclic) bond motifs is 1. The zero-order chi connectivity index (χ0) is 12.0. The molecule has 2 fully saturated rings. The number of thiazole rings is 1. The second-order valence-electron chi connectivity index (χ2n) is 4.96. The maximum Gasteiger partial charge on any atom is 0.224 e. The number of nitrogens with zero attached hydrogens (tertiary/aromatic N) is 3. The van der Waals surface area contributed by atoms with E-state index in [0.717, 1.165) is 30.2 Å². The van der Waals surface area contributed by atoms with E-state index in [4.69, 9.17) is 0 Å². The molecule has 1 aromatic heterocycles. The second kappa shape index (κ2) is 4.07. The average molecular weight is 251 g/mol. The summed E-state index contributed by atoms with van der Waals surface area (Å²) in [7, 11) is 1.93. The topological polar surface area (TPSA) is 36.4 Å². The fourth-order valence-electron chi connectivity index (χ4n) is 3.01. The average Bonchev–Trinajstić information content (AvgIpc) is 2.92. The highest BCUT2D eigenvalue weighted by Gasteiger charge is 2.44. The molecule has 2 saturated heterocycles. The van der Waals surface area contributed by atoms with Crippen molar-refractivity contribution in [3.8, 4) is 0 Å². The SMILES string of the molecule is Cc1nc(CN2CC[C@@H]3[C@H]2CC(=O)N3C)cs1. The normalized spacial score (nSPS) is 29.1. The number of hydrogen-bond acceptors (Lipinski definition) is 4. The van der Waals surface area contributed by atoms with E-state index >= 15 is 0 Å². The Bertz CT molecular complexity index is 445. The molecule has 0 unspecified atom stereocenters. The first-order valence-corrected chi connectivity index (χ1v) is 6.94. The minimum atomic E-state index is 0.291. The summed E-state index contributed by atoms with van der Waals surface area (Å²) in [5.74, 6) is 0.291. The van der Waals surface area contributed by atoms with Gasteiger partial charge in [0.05, 0.1) is 10.7 Å². The van der Waals surface area contributed by atoms with Crippen LogP contribution in [0.1, 0.15) is 23.5 Å². The minimum absolute atomic E-state index is 0.291. The Kier molecular flexibility index (Phi) is 2.67. The van der Waals surface area contributed by atoms with Gasteiger partial charge in [-0.15, -0.1) is 11.3 Å². The van der Waals surface area contributed by atoms with Crippen LogP contribution in [-0.4, -0.2) is 46.4 Å². The zero-order valence-corrected chi connectivity index (χ0v) is 11.0. The number of rotatable bonds is 2. The van der Waals surface area contributed by atoms with Gasteiger partial charge in [-0.05, 0) is 13.3 Å². The molecule has 5 heteroatoms. The number of carbonyl (C=O) groups excluding carboxylic acids is 1. The highest BCUT2D eigenvalue weighted by atomic mass is 32.1. The molecule has 0 spiro atoms. The van der Waals surface area contributed by atoms with Gasteiger partial charge in [0, 0.05) is 44.0 Å². The van der Waals surface area contributed by atoms with Gasteiger partial charge in [0.25, 0.3) is 0 Å². The number of likely N-dealkylation sites (N-methyl/N-ethyl adjacent to an activating group) is 1. The van der Waals surface area contributed by atoms with E-state index in [1.54, 1.807) is 11.3 Å². The lowest BCUT2D eigenvalue weighted by molar-refractivity contribution is -0.127. The third-order valence-electron chi connectivity index (χ3n) is 3.93. The fraction of sp³-hybridized carbons (Fsp3) is 0.667. The monoisotopic (exact) mass is 251 g/mol. The van der Waals surface area contributed by atoms with Gasteiger partial charge in [0.15, 0.2) is 0 Å². The van der Waals surface area contributed by atoms with E-state index in [-0.39, 0.29) is 0 Å². The third-order valence-corrected chi connectivity index (χ3v) is 4.75. The Morgan fingerprint density at radius 1 is 1.53 bits per heavy atom. The molecule has 0 radical (unpaired) electrons. The van der Waals surface area contributed by atoms with Crippen LogP contribution in [0.2, 0.25) is 0 Å².